The minimum atomic E-state index is -4.60. The smallest absolute Gasteiger partial charge is 0.417 e. The second-order valence-electron chi connectivity index (χ2n) is 7.36. The Morgan fingerprint density at radius 2 is 1.75 bits per heavy atom. The van der Waals surface area contributed by atoms with Gasteiger partial charge in [0.2, 0.25) is 0 Å². The molecule has 0 saturated carbocycles. The molecule has 0 radical (unpaired) electrons. The number of alkyl halides is 3. The molecule has 1 amide bonds. The van der Waals surface area contributed by atoms with E-state index in [9.17, 15) is 22.8 Å². The van der Waals surface area contributed by atoms with Gasteiger partial charge in [-0.25, -0.2) is 5.43 Å². The highest BCUT2D eigenvalue weighted by Gasteiger charge is 2.31. The lowest BCUT2D eigenvalue weighted by atomic mass is 10.1. The molecular formula is C23H28F3N3O3. The Morgan fingerprint density at radius 1 is 1.06 bits per heavy atom. The van der Waals surface area contributed by atoms with Gasteiger partial charge in [0.25, 0.3) is 11.5 Å². The Kier molecular flexibility index (Phi) is 9.97. The number of hydrazone groups is 1. The first-order valence-electron chi connectivity index (χ1n) is 10.6. The van der Waals surface area contributed by atoms with E-state index in [-0.39, 0.29) is 0 Å². The summed E-state index contributed by atoms with van der Waals surface area (Å²) < 4.78 is 44.6. The lowest BCUT2D eigenvalue weighted by molar-refractivity contribution is -0.138. The van der Waals surface area contributed by atoms with Crippen molar-refractivity contribution in [1.29, 1.82) is 0 Å². The minimum absolute atomic E-state index is 0.578. The van der Waals surface area contributed by atoms with Gasteiger partial charge in [0.05, 0.1) is 18.4 Å². The van der Waals surface area contributed by atoms with Gasteiger partial charge in [0, 0.05) is 12.3 Å². The zero-order valence-corrected chi connectivity index (χ0v) is 18.0. The highest BCUT2D eigenvalue weighted by atomic mass is 19.4. The van der Waals surface area contributed by atoms with Crippen LogP contribution in [0.4, 0.5) is 13.2 Å². The van der Waals surface area contributed by atoms with E-state index in [1.807, 2.05) is 0 Å². The van der Waals surface area contributed by atoms with Crippen molar-refractivity contribution in [3.63, 3.8) is 0 Å². The third-order valence-corrected chi connectivity index (χ3v) is 4.67. The Bertz CT molecular complexity index is 938. The second-order valence-corrected chi connectivity index (χ2v) is 7.36. The van der Waals surface area contributed by atoms with Crippen LogP contribution in [0, 0.1) is 0 Å². The molecule has 0 spiro atoms. The summed E-state index contributed by atoms with van der Waals surface area (Å²) in [5, 5.41) is 3.78. The van der Waals surface area contributed by atoms with Crippen molar-refractivity contribution in [2.45, 2.75) is 58.2 Å². The maximum Gasteiger partial charge on any atom is 0.417 e. The van der Waals surface area contributed by atoms with Crippen LogP contribution in [0.2, 0.25) is 0 Å². The minimum Gasteiger partial charge on any atom is -0.494 e. The van der Waals surface area contributed by atoms with Crippen LogP contribution in [0.3, 0.4) is 0 Å². The number of carbonyl (C=O) groups is 1. The number of benzene rings is 1. The van der Waals surface area contributed by atoms with Gasteiger partial charge in [-0.1, -0.05) is 39.0 Å². The van der Waals surface area contributed by atoms with Gasteiger partial charge in [-0.05, 0) is 42.3 Å². The molecule has 1 heterocycles. The van der Waals surface area contributed by atoms with Crippen LogP contribution in [0.1, 0.15) is 56.6 Å². The summed E-state index contributed by atoms with van der Waals surface area (Å²) in [6.45, 7) is 2.27. The number of unbranched alkanes of at least 4 members (excludes halogenated alkanes) is 5. The van der Waals surface area contributed by atoms with Crippen molar-refractivity contribution >= 4 is 12.1 Å². The van der Waals surface area contributed by atoms with Crippen LogP contribution in [0.15, 0.2) is 52.5 Å². The molecule has 32 heavy (non-hydrogen) atoms. The topological polar surface area (TPSA) is 72.7 Å². The monoisotopic (exact) mass is 451 g/mol. The van der Waals surface area contributed by atoms with Gasteiger partial charge in [-0.2, -0.15) is 18.3 Å². The van der Waals surface area contributed by atoms with Gasteiger partial charge < -0.3 is 9.30 Å². The van der Waals surface area contributed by atoms with E-state index in [0.29, 0.717) is 29.0 Å². The van der Waals surface area contributed by atoms with E-state index >= 15 is 0 Å². The van der Waals surface area contributed by atoms with E-state index in [4.69, 9.17) is 4.74 Å². The van der Waals surface area contributed by atoms with Crippen LogP contribution >= 0.6 is 0 Å². The predicted octanol–water partition coefficient (Wildman–Crippen LogP) is 4.76. The van der Waals surface area contributed by atoms with Crippen LogP contribution in [-0.2, 0) is 17.5 Å². The number of aromatic nitrogens is 1. The fourth-order valence-corrected chi connectivity index (χ4v) is 2.91. The summed E-state index contributed by atoms with van der Waals surface area (Å²) in [6.07, 6.45) is 4.54. The molecule has 2 rings (SSSR count). The van der Waals surface area contributed by atoms with Crippen molar-refractivity contribution < 1.29 is 22.7 Å². The number of ether oxygens (including phenoxy) is 1. The Labute approximate surface area is 185 Å². The van der Waals surface area contributed by atoms with Gasteiger partial charge in [-0.3, -0.25) is 9.59 Å². The molecule has 1 N–H and O–H groups in total. The molecule has 0 aliphatic carbocycles. The van der Waals surface area contributed by atoms with Crippen molar-refractivity contribution in [2.75, 3.05) is 6.61 Å². The first-order chi connectivity index (χ1) is 15.3. The number of nitrogens with one attached hydrogen (secondary N) is 1. The molecule has 9 heteroatoms. The standard InChI is InChI=1S/C23H28F3N3O3/c1-2-3-4-5-6-7-14-32-20-11-8-18(9-12-20)15-27-28-21(30)17-29-16-19(23(24,25)26)10-13-22(29)31/h8-13,15-16H,2-7,14,17H2,1H3,(H,28,30). The average molecular weight is 451 g/mol. The first kappa shape index (κ1) is 25.2. The Hall–Kier alpha value is -3.10. The third-order valence-electron chi connectivity index (χ3n) is 4.67. The van der Waals surface area contributed by atoms with Crippen molar-refractivity contribution in [2.24, 2.45) is 5.10 Å². The number of rotatable bonds is 12. The highest BCUT2D eigenvalue weighted by Crippen LogP contribution is 2.27. The average Bonchev–Trinajstić information content (AvgIpc) is 2.75. The molecule has 0 fully saturated rings. The summed E-state index contributed by atoms with van der Waals surface area (Å²) in [5.41, 5.74) is 1.18. The number of halogens is 3. The lowest BCUT2D eigenvalue weighted by Gasteiger charge is -2.09. The summed E-state index contributed by atoms with van der Waals surface area (Å²) in [5.74, 6) is 0.0187. The van der Waals surface area contributed by atoms with Gasteiger partial charge in [-0.15, -0.1) is 0 Å². The molecule has 0 aliphatic rings. The van der Waals surface area contributed by atoms with Gasteiger partial charge in [0.1, 0.15) is 12.3 Å². The van der Waals surface area contributed by atoms with E-state index in [1.54, 1.807) is 24.3 Å². The molecule has 1 aromatic carbocycles. The maximum absolute atomic E-state index is 12.8. The zero-order valence-electron chi connectivity index (χ0n) is 18.0. The van der Waals surface area contributed by atoms with E-state index < -0.39 is 29.8 Å². The lowest BCUT2D eigenvalue weighted by Crippen LogP contribution is -2.30. The van der Waals surface area contributed by atoms with Crippen LogP contribution in [-0.4, -0.2) is 23.3 Å². The van der Waals surface area contributed by atoms with Gasteiger partial charge >= 0.3 is 6.18 Å². The molecule has 0 bridgehead atoms. The van der Waals surface area contributed by atoms with Crippen LogP contribution in [0.5, 0.6) is 5.75 Å². The maximum atomic E-state index is 12.8. The Balaban J connectivity index is 1.77. The summed E-state index contributed by atoms with van der Waals surface area (Å²) in [6, 6.07) is 8.57. The van der Waals surface area contributed by atoms with E-state index in [1.165, 1.54) is 31.9 Å². The van der Waals surface area contributed by atoms with Crippen LogP contribution in [0.25, 0.3) is 0 Å². The summed E-state index contributed by atoms with van der Waals surface area (Å²) in [7, 11) is 0. The molecule has 0 atom stereocenters. The number of pyridine rings is 1. The Morgan fingerprint density at radius 3 is 2.44 bits per heavy atom. The van der Waals surface area contributed by atoms with Crippen molar-refractivity contribution in [3.8, 4) is 5.75 Å². The number of hydrogen-bond acceptors (Lipinski definition) is 4. The predicted molar refractivity (Wildman–Crippen MR) is 117 cm³/mol. The normalized spacial score (nSPS) is 11.6. The number of amides is 1. The summed E-state index contributed by atoms with van der Waals surface area (Å²) >= 11 is 0. The number of nitrogens with zero attached hydrogens (tertiary/aromatic N) is 2. The largest absolute Gasteiger partial charge is 0.494 e. The van der Waals surface area contributed by atoms with E-state index in [0.717, 1.165) is 24.7 Å². The molecule has 1 aromatic heterocycles. The van der Waals surface area contributed by atoms with Crippen LogP contribution < -0.4 is 15.7 Å². The number of carbonyl (C=O) groups excluding carboxylic acids is 1. The summed E-state index contributed by atoms with van der Waals surface area (Å²) in [4.78, 5) is 23.6. The fraction of sp³-hybridized carbons (Fsp3) is 0.435. The molecule has 6 nitrogen and oxygen atoms in total. The molecule has 0 unspecified atom stereocenters. The molecule has 0 aliphatic heterocycles. The quantitative estimate of drug-likeness (QED) is 0.287. The third kappa shape index (κ3) is 8.95. The molecular weight excluding hydrogens is 423 g/mol. The fourth-order valence-electron chi connectivity index (χ4n) is 2.91. The van der Waals surface area contributed by atoms with Crippen molar-refractivity contribution in [3.05, 3.63) is 64.1 Å². The second kappa shape index (κ2) is 12.7. The van der Waals surface area contributed by atoms with Gasteiger partial charge in [0.15, 0.2) is 0 Å². The molecule has 0 saturated heterocycles. The first-order valence-corrected chi connectivity index (χ1v) is 10.6. The van der Waals surface area contributed by atoms with Crippen molar-refractivity contribution in [1.82, 2.24) is 9.99 Å². The SMILES string of the molecule is CCCCCCCCOc1ccc(C=NNC(=O)Cn2cc(C(F)(F)F)ccc2=O)cc1. The molecule has 174 valence electrons. The highest BCUT2D eigenvalue weighted by molar-refractivity contribution is 5.82. The number of hydrogen-bond donors (Lipinski definition) is 1. The zero-order chi connectivity index (χ0) is 23.4. The molecule has 2 aromatic rings. The van der Waals surface area contributed by atoms with E-state index in [2.05, 4.69) is 17.5 Å².